The first-order valence-corrected chi connectivity index (χ1v) is 3.60. The molecule has 59 valence electrons. The average Bonchev–Trinajstić information content (AvgIpc) is 2.54. The van der Waals surface area contributed by atoms with Crippen molar-refractivity contribution in [1.29, 1.82) is 0 Å². The summed E-state index contributed by atoms with van der Waals surface area (Å²) in [7, 11) is 0. The van der Waals surface area contributed by atoms with Gasteiger partial charge in [0.1, 0.15) is 5.84 Å². The van der Waals surface area contributed by atoms with Crippen molar-refractivity contribution in [2.24, 2.45) is 10.1 Å². The zero-order chi connectivity index (χ0) is 8.39. The van der Waals surface area contributed by atoms with Crippen molar-refractivity contribution >= 4 is 11.7 Å². The van der Waals surface area contributed by atoms with E-state index in [1.54, 1.807) is 12.4 Å². The average molecular weight is 159 g/mol. The molecule has 12 heavy (non-hydrogen) atoms. The van der Waals surface area contributed by atoms with E-state index in [0.29, 0.717) is 11.7 Å². The van der Waals surface area contributed by atoms with Gasteiger partial charge in [0.05, 0.1) is 0 Å². The van der Waals surface area contributed by atoms with Gasteiger partial charge in [-0.05, 0) is 19.1 Å². The van der Waals surface area contributed by atoms with Crippen LogP contribution in [0.3, 0.4) is 0 Å². The van der Waals surface area contributed by atoms with Crippen LogP contribution in [0, 0.1) is 0 Å². The zero-order valence-corrected chi connectivity index (χ0v) is 6.60. The molecule has 0 aliphatic carbocycles. The highest BCUT2D eigenvalue weighted by molar-refractivity contribution is 6.08. The second kappa shape index (κ2) is 2.73. The third-order valence-corrected chi connectivity index (χ3v) is 1.48. The fourth-order valence-electron chi connectivity index (χ4n) is 0.935. The van der Waals surface area contributed by atoms with Crippen LogP contribution in [0.15, 0.2) is 34.6 Å². The first kappa shape index (κ1) is 6.97. The lowest BCUT2D eigenvalue weighted by Crippen LogP contribution is -1.96. The lowest BCUT2D eigenvalue weighted by atomic mass is 10.3. The molecule has 0 spiro atoms. The Morgan fingerprint density at radius 3 is 2.83 bits per heavy atom. The van der Waals surface area contributed by atoms with Gasteiger partial charge in [-0.25, -0.2) is 4.99 Å². The van der Waals surface area contributed by atoms with Crippen LogP contribution in [0.4, 0.5) is 0 Å². The molecule has 0 N–H and O–H groups in total. The number of pyridine rings is 1. The van der Waals surface area contributed by atoms with E-state index in [1.165, 1.54) is 0 Å². The molecule has 2 heterocycles. The number of aliphatic imine (C=N–C) groups is 1. The van der Waals surface area contributed by atoms with Gasteiger partial charge in [0.25, 0.3) is 0 Å². The van der Waals surface area contributed by atoms with Crippen LogP contribution in [0.25, 0.3) is 0 Å². The van der Waals surface area contributed by atoms with Gasteiger partial charge in [0.2, 0.25) is 0 Å². The summed E-state index contributed by atoms with van der Waals surface area (Å²) >= 11 is 0. The van der Waals surface area contributed by atoms with Crippen LogP contribution in [0.5, 0.6) is 0 Å². The standard InChI is InChI=1S/C8H7N4/c1-6-10-8(12-11-6)7-3-2-4-9-5-7/h2-5H,1H3. The Morgan fingerprint density at radius 2 is 2.25 bits per heavy atom. The third-order valence-electron chi connectivity index (χ3n) is 1.48. The normalized spacial score (nSPS) is 15.1. The molecule has 0 saturated carbocycles. The van der Waals surface area contributed by atoms with Gasteiger partial charge in [-0.1, -0.05) is 0 Å². The molecule has 0 saturated heterocycles. The third kappa shape index (κ3) is 1.18. The highest BCUT2D eigenvalue weighted by Crippen LogP contribution is 2.03. The van der Waals surface area contributed by atoms with Crippen molar-refractivity contribution in [2.45, 2.75) is 6.92 Å². The molecule has 0 fully saturated rings. The second-order valence-electron chi connectivity index (χ2n) is 2.42. The molecule has 1 aliphatic heterocycles. The largest absolute Gasteiger partial charge is 0.264 e. The van der Waals surface area contributed by atoms with Crippen molar-refractivity contribution < 1.29 is 0 Å². The second-order valence-corrected chi connectivity index (χ2v) is 2.42. The van der Waals surface area contributed by atoms with E-state index in [2.05, 4.69) is 20.5 Å². The molecule has 0 aromatic carbocycles. The van der Waals surface area contributed by atoms with Gasteiger partial charge in [-0.15, -0.1) is 10.5 Å². The number of aromatic nitrogens is 1. The molecule has 0 bridgehead atoms. The number of nitrogens with zero attached hydrogens (tertiary/aromatic N) is 4. The Hall–Kier alpha value is -1.71. The van der Waals surface area contributed by atoms with Crippen LogP contribution in [-0.2, 0) is 0 Å². The molecule has 1 aromatic heterocycles. The van der Waals surface area contributed by atoms with Crippen LogP contribution in [-0.4, -0.2) is 16.7 Å². The molecule has 1 radical (unpaired) electrons. The Bertz CT molecular complexity index is 339. The summed E-state index contributed by atoms with van der Waals surface area (Å²) in [6, 6.07) is 3.75. The first-order chi connectivity index (χ1) is 5.86. The maximum atomic E-state index is 4.12. The minimum Gasteiger partial charge on any atom is -0.264 e. The molecular weight excluding hydrogens is 152 g/mol. The summed E-state index contributed by atoms with van der Waals surface area (Å²) in [6.07, 6.45) is 3.43. The Labute approximate surface area is 70.1 Å². The molecule has 0 atom stereocenters. The summed E-state index contributed by atoms with van der Waals surface area (Å²) in [5.41, 5.74) is 4.71. The monoisotopic (exact) mass is 159 g/mol. The maximum Gasteiger partial charge on any atom is 0.185 e. The molecule has 0 unspecified atom stereocenters. The van der Waals surface area contributed by atoms with Gasteiger partial charge < -0.3 is 0 Å². The highest BCUT2D eigenvalue weighted by atomic mass is 15.4. The Balaban J connectivity index is 2.34. The van der Waals surface area contributed by atoms with Crippen molar-refractivity contribution in [2.75, 3.05) is 0 Å². The van der Waals surface area contributed by atoms with Crippen molar-refractivity contribution in [1.82, 2.24) is 10.4 Å². The van der Waals surface area contributed by atoms with Crippen molar-refractivity contribution in [3.63, 3.8) is 0 Å². The minimum absolute atomic E-state index is 0.639. The Morgan fingerprint density at radius 1 is 1.33 bits per heavy atom. The molecule has 4 heteroatoms. The number of hydrogen-bond acceptors (Lipinski definition) is 3. The molecular formula is C8H7N4. The summed E-state index contributed by atoms with van der Waals surface area (Å²) in [6.45, 7) is 1.81. The van der Waals surface area contributed by atoms with Gasteiger partial charge in [-0.3, -0.25) is 4.98 Å². The predicted octanol–water partition coefficient (Wildman–Crippen LogP) is 0.780. The topological polar surface area (TPSA) is 51.7 Å². The maximum absolute atomic E-state index is 4.12. The molecule has 1 aromatic rings. The van der Waals surface area contributed by atoms with E-state index >= 15 is 0 Å². The van der Waals surface area contributed by atoms with Crippen molar-refractivity contribution in [3.05, 3.63) is 30.1 Å². The van der Waals surface area contributed by atoms with E-state index in [4.69, 9.17) is 0 Å². The van der Waals surface area contributed by atoms with E-state index in [-0.39, 0.29) is 0 Å². The van der Waals surface area contributed by atoms with Crippen LogP contribution in [0.2, 0.25) is 0 Å². The van der Waals surface area contributed by atoms with Crippen LogP contribution in [0.1, 0.15) is 12.5 Å². The van der Waals surface area contributed by atoms with Crippen LogP contribution < -0.4 is 5.43 Å². The van der Waals surface area contributed by atoms with E-state index in [0.717, 1.165) is 5.56 Å². The number of hydrogen-bond donors (Lipinski definition) is 0. The zero-order valence-electron chi connectivity index (χ0n) is 6.60. The van der Waals surface area contributed by atoms with Gasteiger partial charge in [-0.2, -0.15) is 0 Å². The highest BCUT2D eigenvalue weighted by Gasteiger charge is 2.09. The Kier molecular flexibility index (Phi) is 1.59. The van der Waals surface area contributed by atoms with E-state index in [1.807, 2.05) is 19.1 Å². The fourth-order valence-corrected chi connectivity index (χ4v) is 0.935. The predicted molar refractivity (Wildman–Crippen MR) is 46.0 cm³/mol. The number of rotatable bonds is 1. The van der Waals surface area contributed by atoms with Gasteiger partial charge in [0.15, 0.2) is 5.84 Å². The molecule has 4 nitrogen and oxygen atoms in total. The van der Waals surface area contributed by atoms with Crippen LogP contribution >= 0.6 is 0 Å². The lowest BCUT2D eigenvalue weighted by molar-refractivity contribution is 1.03. The quantitative estimate of drug-likeness (QED) is 0.597. The summed E-state index contributed by atoms with van der Waals surface area (Å²) < 4.78 is 0. The SMILES string of the molecule is CC1=NC(c2cccnc2)=N[N]1. The fraction of sp³-hybridized carbons (Fsp3) is 0.125. The molecule has 0 amide bonds. The first-order valence-electron chi connectivity index (χ1n) is 3.60. The van der Waals surface area contributed by atoms with Crippen molar-refractivity contribution in [3.8, 4) is 0 Å². The number of amidine groups is 2. The molecule has 2 rings (SSSR count). The van der Waals surface area contributed by atoms with Gasteiger partial charge in [0, 0.05) is 18.0 Å². The summed E-state index contributed by atoms with van der Waals surface area (Å²) in [5, 5.41) is 3.88. The van der Waals surface area contributed by atoms with Gasteiger partial charge >= 0.3 is 0 Å². The lowest BCUT2D eigenvalue weighted by Gasteiger charge is -1.91. The van der Waals surface area contributed by atoms with E-state index in [9.17, 15) is 0 Å². The summed E-state index contributed by atoms with van der Waals surface area (Å²) in [5.74, 6) is 1.33. The molecule has 1 aliphatic rings. The van der Waals surface area contributed by atoms with E-state index < -0.39 is 0 Å². The summed E-state index contributed by atoms with van der Waals surface area (Å²) in [4.78, 5) is 8.08. The smallest absolute Gasteiger partial charge is 0.185 e. The minimum atomic E-state index is 0.639.